The van der Waals surface area contributed by atoms with Crippen molar-refractivity contribution in [1.82, 2.24) is 0 Å². The maximum atomic E-state index is 11.5. The number of nitro groups is 1. The first-order valence-corrected chi connectivity index (χ1v) is 6.05. The van der Waals surface area contributed by atoms with Crippen molar-refractivity contribution in [3.05, 3.63) is 34.4 Å². The van der Waals surface area contributed by atoms with Gasteiger partial charge in [-0.15, -0.1) is 0 Å². The number of benzene rings is 1. The van der Waals surface area contributed by atoms with E-state index in [9.17, 15) is 14.9 Å². The zero-order valence-corrected chi connectivity index (χ0v) is 11.7. The van der Waals surface area contributed by atoms with E-state index in [1.807, 2.05) is 0 Å². The zero-order valence-electron chi connectivity index (χ0n) is 11.7. The third kappa shape index (κ3) is 3.92. The van der Waals surface area contributed by atoms with Gasteiger partial charge in [0.2, 0.25) is 0 Å². The van der Waals surface area contributed by atoms with Crippen LogP contribution in [-0.4, -0.2) is 29.6 Å². The number of carbonyl (C=O) groups is 1. The molecule has 0 spiro atoms. The number of methoxy groups -OCH3 is 1. The van der Waals surface area contributed by atoms with Crippen LogP contribution in [0.25, 0.3) is 0 Å². The maximum Gasteiger partial charge on any atom is 0.325 e. The zero-order chi connectivity index (χ0) is 15.3. The second-order valence-electron chi connectivity index (χ2n) is 4.77. The van der Waals surface area contributed by atoms with Crippen LogP contribution in [0.5, 0.6) is 5.75 Å². The van der Waals surface area contributed by atoms with Gasteiger partial charge in [0.25, 0.3) is 0 Å². The molecular formula is C13H18N2O5. The molecule has 7 heteroatoms. The molecule has 110 valence electrons. The fourth-order valence-corrected chi connectivity index (χ4v) is 1.88. The summed E-state index contributed by atoms with van der Waals surface area (Å²) in [5, 5.41) is 10.9. The van der Waals surface area contributed by atoms with Crippen LogP contribution in [0.1, 0.15) is 20.3 Å². The van der Waals surface area contributed by atoms with Gasteiger partial charge in [-0.3, -0.25) is 14.9 Å². The van der Waals surface area contributed by atoms with E-state index in [1.54, 1.807) is 19.1 Å². The molecule has 2 unspecified atom stereocenters. The summed E-state index contributed by atoms with van der Waals surface area (Å²) in [4.78, 5) is 21.8. The van der Waals surface area contributed by atoms with Gasteiger partial charge in [0, 0.05) is 12.5 Å². The van der Waals surface area contributed by atoms with E-state index in [0.717, 1.165) is 0 Å². The van der Waals surface area contributed by atoms with Gasteiger partial charge in [0.05, 0.1) is 18.1 Å². The number of ether oxygens (including phenoxy) is 2. The molecule has 2 N–H and O–H groups in total. The molecule has 1 rings (SSSR count). The van der Waals surface area contributed by atoms with Crippen molar-refractivity contribution in [3.63, 3.8) is 0 Å². The number of hydrogen-bond donors (Lipinski definition) is 1. The summed E-state index contributed by atoms with van der Waals surface area (Å²) >= 11 is 0. The number of hydrogen-bond acceptors (Lipinski definition) is 6. The lowest BCUT2D eigenvalue weighted by atomic mass is 9.96. The Morgan fingerprint density at radius 2 is 2.10 bits per heavy atom. The van der Waals surface area contributed by atoms with E-state index in [2.05, 4.69) is 4.74 Å². The molecule has 0 aromatic heterocycles. The molecule has 0 radical (unpaired) electrons. The lowest BCUT2D eigenvalue weighted by molar-refractivity contribution is -0.386. The van der Waals surface area contributed by atoms with Crippen LogP contribution in [-0.2, 0) is 9.53 Å². The Hall–Kier alpha value is -2.15. The van der Waals surface area contributed by atoms with E-state index in [1.165, 1.54) is 26.2 Å². The maximum absolute atomic E-state index is 11.5. The van der Waals surface area contributed by atoms with E-state index in [0.29, 0.717) is 0 Å². The number of carbonyl (C=O) groups excluding carboxylic acids is 1. The minimum absolute atomic E-state index is 0.129. The number of nitrogens with two attached hydrogens (primary N) is 1. The molecular weight excluding hydrogens is 264 g/mol. The Labute approximate surface area is 116 Å². The molecule has 0 heterocycles. The highest BCUT2D eigenvalue weighted by Gasteiger charge is 2.32. The summed E-state index contributed by atoms with van der Waals surface area (Å²) in [7, 11) is 1.25. The average molecular weight is 282 g/mol. The van der Waals surface area contributed by atoms with Gasteiger partial charge in [-0.25, -0.2) is 0 Å². The molecule has 0 amide bonds. The Bertz CT molecular complexity index is 501. The largest absolute Gasteiger partial charge is 0.484 e. The molecule has 0 fully saturated rings. The molecule has 0 aliphatic rings. The van der Waals surface area contributed by atoms with E-state index in [-0.39, 0.29) is 17.9 Å². The molecule has 0 aliphatic carbocycles. The van der Waals surface area contributed by atoms with Gasteiger partial charge in [-0.2, -0.15) is 0 Å². The first kappa shape index (κ1) is 15.9. The Morgan fingerprint density at radius 3 is 2.65 bits per heavy atom. The monoisotopic (exact) mass is 282 g/mol. The van der Waals surface area contributed by atoms with E-state index >= 15 is 0 Å². The minimum Gasteiger partial charge on any atom is -0.484 e. The van der Waals surface area contributed by atoms with Crippen LogP contribution in [0.4, 0.5) is 5.69 Å². The van der Waals surface area contributed by atoms with Gasteiger partial charge in [-0.05, 0) is 19.9 Å². The highest BCUT2D eigenvalue weighted by Crippen LogP contribution is 2.28. The molecule has 1 aromatic carbocycles. The fourth-order valence-electron chi connectivity index (χ4n) is 1.88. The molecule has 1 aromatic rings. The molecule has 7 nitrogen and oxygen atoms in total. The highest BCUT2D eigenvalue weighted by molar-refractivity contribution is 5.79. The van der Waals surface area contributed by atoms with Gasteiger partial charge < -0.3 is 15.2 Å². The summed E-state index contributed by atoms with van der Waals surface area (Å²) in [6, 6.07) is 6.04. The van der Waals surface area contributed by atoms with Crippen LogP contribution < -0.4 is 10.5 Å². The first-order valence-electron chi connectivity index (χ1n) is 6.05. The lowest BCUT2D eigenvalue weighted by Crippen LogP contribution is -2.48. The third-order valence-electron chi connectivity index (χ3n) is 2.75. The van der Waals surface area contributed by atoms with E-state index in [4.69, 9.17) is 10.5 Å². The fraction of sp³-hybridized carbons (Fsp3) is 0.462. The molecule has 0 aliphatic heterocycles. The Morgan fingerprint density at radius 1 is 1.50 bits per heavy atom. The molecule has 20 heavy (non-hydrogen) atoms. The van der Waals surface area contributed by atoms with Gasteiger partial charge in [0.1, 0.15) is 5.54 Å². The van der Waals surface area contributed by atoms with Crippen molar-refractivity contribution >= 4 is 11.7 Å². The van der Waals surface area contributed by atoms with Crippen LogP contribution in [0.15, 0.2) is 24.3 Å². The van der Waals surface area contributed by atoms with E-state index < -0.39 is 22.5 Å². The van der Waals surface area contributed by atoms with Crippen molar-refractivity contribution in [2.45, 2.75) is 31.9 Å². The number of para-hydroxylation sites is 2. The van der Waals surface area contributed by atoms with Gasteiger partial charge in [-0.1, -0.05) is 12.1 Å². The van der Waals surface area contributed by atoms with Crippen molar-refractivity contribution in [3.8, 4) is 5.75 Å². The number of esters is 1. The van der Waals surface area contributed by atoms with Crippen molar-refractivity contribution < 1.29 is 19.2 Å². The van der Waals surface area contributed by atoms with Gasteiger partial charge >= 0.3 is 11.7 Å². The summed E-state index contributed by atoms with van der Waals surface area (Å²) in [5.74, 6) is -0.416. The molecule has 0 bridgehead atoms. The number of nitro benzene ring substituents is 1. The van der Waals surface area contributed by atoms with Crippen LogP contribution in [0, 0.1) is 10.1 Å². The predicted octanol–water partition coefficient (Wildman–Crippen LogP) is 1.64. The normalized spacial score (nSPS) is 15.0. The van der Waals surface area contributed by atoms with Crippen molar-refractivity contribution in [2.75, 3.05) is 7.11 Å². The van der Waals surface area contributed by atoms with Gasteiger partial charge in [0.15, 0.2) is 5.75 Å². The Balaban J connectivity index is 2.79. The third-order valence-corrected chi connectivity index (χ3v) is 2.75. The minimum atomic E-state index is -1.21. The highest BCUT2D eigenvalue weighted by atomic mass is 16.6. The smallest absolute Gasteiger partial charge is 0.325 e. The number of rotatable bonds is 6. The van der Waals surface area contributed by atoms with Crippen molar-refractivity contribution in [2.24, 2.45) is 5.73 Å². The van der Waals surface area contributed by atoms with Crippen LogP contribution in [0.3, 0.4) is 0 Å². The Kier molecular flexibility index (Phi) is 5.04. The second kappa shape index (κ2) is 6.33. The summed E-state index contributed by atoms with van der Waals surface area (Å²) in [6.45, 7) is 3.21. The SMILES string of the molecule is COC(=O)C(C)(N)CC(C)Oc1ccccc1[N+](=O)[O-]. The molecule has 2 atom stereocenters. The number of nitrogens with zero attached hydrogens (tertiary/aromatic N) is 1. The summed E-state index contributed by atoms with van der Waals surface area (Å²) < 4.78 is 10.1. The van der Waals surface area contributed by atoms with Crippen LogP contribution >= 0.6 is 0 Å². The quantitative estimate of drug-likeness (QED) is 0.483. The second-order valence-corrected chi connectivity index (χ2v) is 4.77. The standard InChI is InChI=1S/C13H18N2O5/c1-9(8-13(2,14)12(16)19-3)20-11-7-5-4-6-10(11)15(17)18/h4-7,9H,8,14H2,1-3H3. The summed E-state index contributed by atoms with van der Waals surface area (Å²) in [6.07, 6.45) is -0.309. The van der Waals surface area contributed by atoms with Crippen LogP contribution in [0.2, 0.25) is 0 Å². The predicted molar refractivity (Wildman–Crippen MR) is 72.4 cm³/mol. The van der Waals surface area contributed by atoms with Crippen molar-refractivity contribution in [1.29, 1.82) is 0 Å². The first-order chi connectivity index (χ1) is 9.27. The molecule has 0 saturated carbocycles. The lowest BCUT2D eigenvalue weighted by Gasteiger charge is -2.25. The molecule has 0 saturated heterocycles. The average Bonchev–Trinajstić information content (AvgIpc) is 2.37. The topological polar surface area (TPSA) is 105 Å². The summed E-state index contributed by atoms with van der Waals surface area (Å²) in [5.41, 5.74) is 4.50.